The van der Waals surface area contributed by atoms with Crippen molar-refractivity contribution in [3.05, 3.63) is 35.7 Å². The second-order valence-corrected chi connectivity index (χ2v) is 3.80. The van der Waals surface area contributed by atoms with Crippen LogP contribution in [0.4, 0.5) is 0 Å². The summed E-state index contributed by atoms with van der Waals surface area (Å²) < 4.78 is 0. The summed E-state index contributed by atoms with van der Waals surface area (Å²) in [6.45, 7) is 2.09. The molecule has 0 saturated carbocycles. The molecule has 2 rings (SSSR count). The highest BCUT2D eigenvalue weighted by Crippen LogP contribution is 2.24. The Morgan fingerprint density at radius 1 is 1.58 bits per heavy atom. The number of hydrogen-bond donors (Lipinski definition) is 1. The first-order valence-electron chi connectivity index (χ1n) is 3.99. The van der Waals surface area contributed by atoms with Crippen LogP contribution in [-0.2, 0) is 0 Å². The molecule has 0 amide bonds. The molecule has 12 heavy (non-hydrogen) atoms. The van der Waals surface area contributed by atoms with Gasteiger partial charge in [-0.15, -0.1) is 0 Å². The summed E-state index contributed by atoms with van der Waals surface area (Å²) in [4.78, 5) is 4.33. The van der Waals surface area contributed by atoms with Crippen LogP contribution in [0, 0.1) is 6.92 Å². The molecule has 0 spiro atoms. The lowest BCUT2D eigenvalue weighted by molar-refractivity contribution is 1.19. The number of rotatable bonds is 1. The van der Waals surface area contributed by atoms with Crippen LogP contribution in [0.5, 0.6) is 0 Å². The lowest BCUT2D eigenvalue weighted by Crippen LogP contribution is -1.99. The Hall–Kier alpha value is -0.880. The molecular formula is C9H11N2P. The molecule has 3 heteroatoms. The molecule has 0 aliphatic carbocycles. The predicted octanol–water partition coefficient (Wildman–Crippen LogP) is 1.93. The maximum absolute atomic E-state index is 4.33. The van der Waals surface area contributed by atoms with Crippen LogP contribution in [0.25, 0.3) is 5.70 Å². The first kappa shape index (κ1) is 7.75. The summed E-state index contributed by atoms with van der Waals surface area (Å²) in [6, 6.07) is 4.06. The largest absolute Gasteiger partial charge is 0.365 e. The van der Waals surface area contributed by atoms with Crippen molar-refractivity contribution < 1.29 is 0 Å². The van der Waals surface area contributed by atoms with Crippen LogP contribution in [0.15, 0.2) is 24.4 Å². The summed E-state index contributed by atoms with van der Waals surface area (Å²) in [7, 11) is 0.828. The first-order valence-corrected chi connectivity index (χ1v) is 5.19. The van der Waals surface area contributed by atoms with Crippen LogP contribution >= 0.6 is 8.73 Å². The molecule has 2 heterocycles. The van der Waals surface area contributed by atoms with Gasteiger partial charge in [0.2, 0.25) is 0 Å². The summed E-state index contributed by atoms with van der Waals surface area (Å²) >= 11 is 0. The summed E-state index contributed by atoms with van der Waals surface area (Å²) in [5.74, 6) is 0. The van der Waals surface area contributed by atoms with E-state index in [9.17, 15) is 0 Å². The zero-order valence-corrected chi connectivity index (χ0v) is 7.96. The fourth-order valence-corrected chi connectivity index (χ4v) is 2.09. The third-order valence-electron chi connectivity index (χ3n) is 1.90. The van der Waals surface area contributed by atoms with Gasteiger partial charge in [-0.3, -0.25) is 4.98 Å². The molecule has 0 bridgehead atoms. The molecule has 1 aromatic heterocycles. The Balaban J connectivity index is 2.39. The average Bonchev–Trinajstić information content (AvgIpc) is 2.57. The van der Waals surface area contributed by atoms with E-state index in [2.05, 4.69) is 29.1 Å². The molecule has 0 aromatic carbocycles. The van der Waals surface area contributed by atoms with E-state index >= 15 is 0 Å². The maximum Gasteiger partial charge on any atom is 0.0889 e. The van der Waals surface area contributed by atoms with Crippen molar-refractivity contribution in [1.82, 2.24) is 10.1 Å². The predicted molar refractivity (Wildman–Crippen MR) is 53.3 cm³/mol. The van der Waals surface area contributed by atoms with Gasteiger partial charge in [-0.05, 0) is 27.3 Å². The third-order valence-corrected chi connectivity index (χ3v) is 2.75. The molecule has 0 saturated heterocycles. The Kier molecular flexibility index (Phi) is 2.09. The molecule has 1 unspecified atom stereocenters. The average molecular weight is 178 g/mol. The van der Waals surface area contributed by atoms with Gasteiger partial charge >= 0.3 is 0 Å². The molecule has 0 radical (unpaired) electrons. The fraction of sp³-hybridized carbons (Fsp3) is 0.222. The minimum Gasteiger partial charge on any atom is -0.365 e. The number of allylic oxidation sites excluding steroid dienone is 1. The van der Waals surface area contributed by atoms with Gasteiger partial charge in [0.25, 0.3) is 0 Å². The van der Waals surface area contributed by atoms with Gasteiger partial charge in [0.05, 0.1) is 11.4 Å². The molecule has 1 N–H and O–H groups in total. The van der Waals surface area contributed by atoms with Crippen molar-refractivity contribution in [2.75, 3.05) is 6.16 Å². The number of aromatic nitrogens is 1. The lowest BCUT2D eigenvalue weighted by atomic mass is 10.2. The molecule has 1 aliphatic rings. The number of hydrogen-bond acceptors (Lipinski definition) is 2. The van der Waals surface area contributed by atoms with E-state index in [4.69, 9.17) is 0 Å². The smallest absolute Gasteiger partial charge is 0.0889 e. The molecule has 1 aliphatic heterocycles. The Morgan fingerprint density at radius 3 is 3.17 bits per heavy atom. The topological polar surface area (TPSA) is 24.9 Å². The van der Waals surface area contributed by atoms with Gasteiger partial charge in [-0.25, -0.2) is 0 Å². The zero-order valence-electron chi connectivity index (χ0n) is 6.96. The van der Waals surface area contributed by atoms with E-state index in [-0.39, 0.29) is 0 Å². The standard InChI is InChI=1S/C9H11N2P/c1-7-3-2-5-10-9(7)8-4-6-12-11-8/h2-5,11-12H,6H2,1H3. The Bertz CT molecular complexity index is 320. The number of pyridine rings is 1. The van der Waals surface area contributed by atoms with Crippen molar-refractivity contribution in [3.63, 3.8) is 0 Å². The number of nitrogens with one attached hydrogen (secondary N) is 1. The van der Waals surface area contributed by atoms with Crippen LogP contribution in [-0.4, -0.2) is 11.1 Å². The van der Waals surface area contributed by atoms with Gasteiger partial charge in [0.1, 0.15) is 0 Å². The molecule has 0 fully saturated rings. The van der Waals surface area contributed by atoms with Gasteiger partial charge in [0.15, 0.2) is 0 Å². The van der Waals surface area contributed by atoms with E-state index in [1.807, 2.05) is 12.3 Å². The molecule has 62 valence electrons. The monoisotopic (exact) mass is 178 g/mol. The summed E-state index contributed by atoms with van der Waals surface area (Å²) in [5.41, 5.74) is 3.54. The molecule has 1 atom stereocenters. The van der Waals surface area contributed by atoms with Crippen molar-refractivity contribution in [2.24, 2.45) is 0 Å². The van der Waals surface area contributed by atoms with Crippen molar-refractivity contribution in [2.45, 2.75) is 6.92 Å². The fourth-order valence-electron chi connectivity index (χ4n) is 1.27. The van der Waals surface area contributed by atoms with Crippen LogP contribution < -0.4 is 5.09 Å². The van der Waals surface area contributed by atoms with Gasteiger partial charge in [0, 0.05) is 12.4 Å². The van der Waals surface area contributed by atoms with Crippen LogP contribution in [0.2, 0.25) is 0 Å². The highest BCUT2D eigenvalue weighted by molar-refractivity contribution is 7.37. The lowest BCUT2D eigenvalue weighted by Gasteiger charge is -2.05. The number of nitrogens with zero attached hydrogens (tertiary/aromatic N) is 1. The van der Waals surface area contributed by atoms with Crippen LogP contribution in [0.1, 0.15) is 11.3 Å². The van der Waals surface area contributed by atoms with E-state index in [1.165, 1.54) is 11.3 Å². The zero-order chi connectivity index (χ0) is 8.39. The first-order chi connectivity index (χ1) is 5.88. The van der Waals surface area contributed by atoms with E-state index in [0.717, 1.165) is 20.6 Å². The van der Waals surface area contributed by atoms with Crippen LogP contribution in [0.3, 0.4) is 0 Å². The third kappa shape index (κ3) is 1.35. The van der Waals surface area contributed by atoms with E-state index in [0.29, 0.717) is 0 Å². The number of aryl methyl sites for hydroxylation is 1. The Morgan fingerprint density at radius 2 is 2.50 bits per heavy atom. The summed E-state index contributed by atoms with van der Waals surface area (Å²) in [6.07, 6.45) is 5.20. The second-order valence-electron chi connectivity index (χ2n) is 2.79. The van der Waals surface area contributed by atoms with E-state index < -0.39 is 0 Å². The van der Waals surface area contributed by atoms with Crippen molar-refractivity contribution >= 4 is 14.4 Å². The van der Waals surface area contributed by atoms with Crippen molar-refractivity contribution in [3.8, 4) is 0 Å². The maximum atomic E-state index is 4.33. The minimum absolute atomic E-state index is 0.828. The normalized spacial score (nSPS) is 17.6. The minimum atomic E-state index is 0.828. The Labute approximate surface area is 73.9 Å². The van der Waals surface area contributed by atoms with E-state index in [1.54, 1.807) is 0 Å². The highest BCUT2D eigenvalue weighted by atomic mass is 31.1. The van der Waals surface area contributed by atoms with Gasteiger partial charge in [-0.1, -0.05) is 12.1 Å². The van der Waals surface area contributed by atoms with Crippen molar-refractivity contribution in [1.29, 1.82) is 0 Å². The highest BCUT2D eigenvalue weighted by Gasteiger charge is 2.08. The summed E-state index contributed by atoms with van der Waals surface area (Å²) in [5, 5.41) is 3.34. The SMILES string of the molecule is Cc1cccnc1C1=CCPN1. The molecule has 1 aromatic rings. The second kappa shape index (κ2) is 3.24. The van der Waals surface area contributed by atoms with Gasteiger partial charge in [-0.2, -0.15) is 0 Å². The quantitative estimate of drug-likeness (QED) is 0.664. The molecular weight excluding hydrogens is 167 g/mol. The molecule has 2 nitrogen and oxygen atoms in total. The van der Waals surface area contributed by atoms with Gasteiger partial charge < -0.3 is 5.09 Å².